The van der Waals surface area contributed by atoms with Crippen molar-refractivity contribution in [3.63, 3.8) is 0 Å². The fourth-order valence-corrected chi connectivity index (χ4v) is 1.77. The number of rotatable bonds is 6. The molecule has 0 saturated carbocycles. The van der Waals surface area contributed by atoms with Gasteiger partial charge in [-0.15, -0.1) is 0 Å². The van der Waals surface area contributed by atoms with E-state index in [2.05, 4.69) is 12.2 Å². The first-order valence-corrected chi connectivity index (χ1v) is 6.23. The Balaban J connectivity index is 2.82. The lowest BCUT2D eigenvalue weighted by Gasteiger charge is -2.15. The number of benzene rings is 1. The van der Waals surface area contributed by atoms with Crippen LogP contribution in [0.4, 0.5) is 0 Å². The van der Waals surface area contributed by atoms with Gasteiger partial charge in [-0.3, -0.25) is 4.79 Å². The molecule has 1 unspecified atom stereocenters. The van der Waals surface area contributed by atoms with E-state index < -0.39 is 12.0 Å². The van der Waals surface area contributed by atoms with Crippen molar-refractivity contribution >= 4 is 29.2 Å². The number of aliphatic carboxylic acids is 1. The van der Waals surface area contributed by atoms with Gasteiger partial charge in [-0.1, -0.05) is 42.6 Å². The summed E-state index contributed by atoms with van der Waals surface area (Å²) in [5.41, 5.74) is 0.614. The average Bonchev–Trinajstić information content (AvgIpc) is 2.28. The van der Waals surface area contributed by atoms with Crippen LogP contribution in [-0.4, -0.2) is 17.6 Å². The van der Waals surface area contributed by atoms with Crippen LogP contribution in [0, 0.1) is 0 Å². The summed E-state index contributed by atoms with van der Waals surface area (Å²) < 4.78 is 0. The van der Waals surface area contributed by atoms with Crippen LogP contribution < -0.4 is 5.32 Å². The van der Waals surface area contributed by atoms with Crippen molar-refractivity contribution in [2.24, 2.45) is 0 Å². The monoisotopic (exact) mass is 275 g/mol. The molecule has 3 nitrogen and oxygen atoms in total. The fraction of sp³-hybridized carbons (Fsp3) is 0.417. The van der Waals surface area contributed by atoms with Gasteiger partial charge in [0.1, 0.15) is 6.04 Å². The Morgan fingerprint density at radius 1 is 1.41 bits per heavy atom. The van der Waals surface area contributed by atoms with Crippen molar-refractivity contribution < 1.29 is 9.90 Å². The van der Waals surface area contributed by atoms with Crippen molar-refractivity contribution in [2.75, 3.05) is 6.54 Å². The topological polar surface area (TPSA) is 49.3 Å². The summed E-state index contributed by atoms with van der Waals surface area (Å²) in [5.74, 6) is -0.917. The number of halogens is 2. The summed E-state index contributed by atoms with van der Waals surface area (Å²) in [5, 5.41) is 12.9. The molecule has 94 valence electrons. The Kier molecular flexibility index (Phi) is 5.75. The standard InChI is InChI=1S/C12H15Cl2NO2/c1-2-3-6-15-11(12(16)17)8-4-5-9(13)10(14)7-8/h4-5,7,11,15H,2-3,6H2,1H3,(H,16,17). The largest absolute Gasteiger partial charge is 0.480 e. The van der Waals surface area contributed by atoms with Gasteiger partial charge in [0.15, 0.2) is 0 Å². The van der Waals surface area contributed by atoms with E-state index in [-0.39, 0.29) is 0 Å². The van der Waals surface area contributed by atoms with Gasteiger partial charge in [0.25, 0.3) is 0 Å². The van der Waals surface area contributed by atoms with E-state index in [9.17, 15) is 4.79 Å². The van der Waals surface area contributed by atoms with Crippen LogP contribution in [0.5, 0.6) is 0 Å². The molecule has 1 atom stereocenters. The lowest BCUT2D eigenvalue weighted by atomic mass is 10.1. The molecule has 1 aromatic carbocycles. The summed E-state index contributed by atoms with van der Waals surface area (Å²) in [7, 11) is 0. The molecule has 1 aromatic rings. The van der Waals surface area contributed by atoms with Crippen LogP contribution in [0.3, 0.4) is 0 Å². The number of carboxylic acid groups (broad SMARTS) is 1. The number of unbranched alkanes of at least 4 members (excludes halogenated alkanes) is 1. The Bertz CT molecular complexity index is 396. The number of hydrogen-bond acceptors (Lipinski definition) is 2. The molecular formula is C12H15Cl2NO2. The molecule has 0 aromatic heterocycles. The molecule has 0 aliphatic rings. The van der Waals surface area contributed by atoms with Gasteiger partial charge in [0.05, 0.1) is 10.0 Å². The van der Waals surface area contributed by atoms with Gasteiger partial charge in [-0.05, 0) is 30.7 Å². The Morgan fingerprint density at radius 2 is 2.12 bits per heavy atom. The summed E-state index contributed by atoms with van der Waals surface area (Å²) in [6.45, 7) is 2.71. The zero-order valence-corrected chi connectivity index (χ0v) is 11.1. The number of carboxylic acids is 1. The molecule has 0 amide bonds. The maximum atomic E-state index is 11.2. The van der Waals surface area contributed by atoms with Gasteiger partial charge in [0.2, 0.25) is 0 Å². The minimum atomic E-state index is -0.917. The Labute approximate surface area is 111 Å². The van der Waals surface area contributed by atoms with Crippen molar-refractivity contribution in [1.29, 1.82) is 0 Å². The van der Waals surface area contributed by atoms with E-state index in [0.717, 1.165) is 12.8 Å². The van der Waals surface area contributed by atoms with Crippen LogP contribution >= 0.6 is 23.2 Å². The molecule has 0 saturated heterocycles. The quantitative estimate of drug-likeness (QED) is 0.782. The normalized spacial score (nSPS) is 12.4. The minimum Gasteiger partial charge on any atom is -0.480 e. The predicted octanol–water partition coefficient (Wildman–Crippen LogP) is 3.51. The van der Waals surface area contributed by atoms with Crippen molar-refractivity contribution in [3.05, 3.63) is 33.8 Å². The predicted molar refractivity (Wildman–Crippen MR) is 69.7 cm³/mol. The first-order valence-electron chi connectivity index (χ1n) is 5.47. The summed E-state index contributed by atoms with van der Waals surface area (Å²) >= 11 is 11.7. The van der Waals surface area contributed by atoms with Crippen LogP contribution in [0.25, 0.3) is 0 Å². The van der Waals surface area contributed by atoms with Gasteiger partial charge >= 0.3 is 5.97 Å². The van der Waals surface area contributed by atoms with Crippen LogP contribution in [0.1, 0.15) is 31.4 Å². The highest BCUT2D eigenvalue weighted by Crippen LogP contribution is 2.25. The van der Waals surface area contributed by atoms with Crippen molar-refractivity contribution in [2.45, 2.75) is 25.8 Å². The SMILES string of the molecule is CCCCNC(C(=O)O)c1ccc(Cl)c(Cl)c1. The Hall–Kier alpha value is -0.770. The van der Waals surface area contributed by atoms with E-state index in [1.165, 1.54) is 0 Å². The maximum absolute atomic E-state index is 11.2. The van der Waals surface area contributed by atoms with E-state index in [1.54, 1.807) is 18.2 Å². The minimum absolute atomic E-state index is 0.368. The number of carbonyl (C=O) groups is 1. The second kappa shape index (κ2) is 6.84. The smallest absolute Gasteiger partial charge is 0.325 e. The number of nitrogens with one attached hydrogen (secondary N) is 1. The summed E-state index contributed by atoms with van der Waals surface area (Å²) in [6, 6.07) is 4.13. The maximum Gasteiger partial charge on any atom is 0.325 e. The molecule has 17 heavy (non-hydrogen) atoms. The van der Waals surface area contributed by atoms with Crippen molar-refractivity contribution in [1.82, 2.24) is 5.32 Å². The third-order valence-corrected chi connectivity index (χ3v) is 3.14. The summed E-state index contributed by atoms with van der Waals surface area (Å²) in [4.78, 5) is 11.2. The van der Waals surface area contributed by atoms with E-state index in [0.29, 0.717) is 22.2 Å². The molecule has 0 fully saturated rings. The molecule has 5 heteroatoms. The Morgan fingerprint density at radius 3 is 2.65 bits per heavy atom. The number of hydrogen-bond donors (Lipinski definition) is 2. The first kappa shape index (κ1) is 14.3. The molecule has 0 aliphatic heterocycles. The van der Waals surface area contributed by atoms with E-state index in [4.69, 9.17) is 28.3 Å². The molecule has 0 radical (unpaired) electrons. The van der Waals surface area contributed by atoms with Gasteiger partial charge in [-0.25, -0.2) is 0 Å². The average molecular weight is 276 g/mol. The van der Waals surface area contributed by atoms with Crippen LogP contribution in [0.15, 0.2) is 18.2 Å². The second-order valence-electron chi connectivity index (χ2n) is 3.75. The highest BCUT2D eigenvalue weighted by Gasteiger charge is 2.19. The third-order valence-electron chi connectivity index (χ3n) is 2.40. The van der Waals surface area contributed by atoms with Gasteiger partial charge < -0.3 is 10.4 Å². The van der Waals surface area contributed by atoms with Crippen LogP contribution in [-0.2, 0) is 4.79 Å². The molecule has 1 rings (SSSR count). The van der Waals surface area contributed by atoms with Gasteiger partial charge in [-0.2, -0.15) is 0 Å². The third kappa shape index (κ3) is 4.19. The summed E-state index contributed by atoms with van der Waals surface area (Å²) in [6.07, 6.45) is 1.95. The lowest BCUT2D eigenvalue weighted by Crippen LogP contribution is -2.29. The van der Waals surface area contributed by atoms with Crippen molar-refractivity contribution in [3.8, 4) is 0 Å². The first-order chi connectivity index (χ1) is 8.06. The highest BCUT2D eigenvalue weighted by molar-refractivity contribution is 6.42. The zero-order chi connectivity index (χ0) is 12.8. The zero-order valence-electron chi connectivity index (χ0n) is 9.54. The van der Waals surface area contributed by atoms with E-state index in [1.807, 2.05) is 0 Å². The van der Waals surface area contributed by atoms with Crippen LogP contribution in [0.2, 0.25) is 10.0 Å². The molecule has 0 bridgehead atoms. The molecule has 2 N–H and O–H groups in total. The molecule has 0 spiro atoms. The lowest BCUT2D eigenvalue weighted by molar-refractivity contribution is -0.139. The van der Waals surface area contributed by atoms with Gasteiger partial charge in [0, 0.05) is 0 Å². The fourth-order valence-electron chi connectivity index (χ4n) is 1.46. The second-order valence-corrected chi connectivity index (χ2v) is 4.57. The highest BCUT2D eigenvalue weighted by atomic mass is 35.5. The van der Waals surface area contributed by atoms with E-state index >= 15 is 0 Å². The molecular weight excluding hydrogens is 261 g/mol. The molecule has 0 aliphatic carbocycles. The molecule has 0 heterocycles.